The van der Waals surface area contributed by atoms with Crippen molar-refractivity contribution in [2.45, 2.75) is 39.3 Å². The minimum atomic E-state index is -0.524. The molecule has 1 rings (SSSR count). The summed E-state index contributed by atoms with van der Waals surface area (Å²) in [6.45, 7) is 6.05. The van der Waals surface area contributed by atoms with Gasteiger partial charge in [0, 0.05) is 13.1 Å². The minimum absolute atomic E-state index is 0.0184. The van der Waals surface area contributed by atoms with E-state index in [9.17, 15) is 9.90 Å². The SMILES string of the molecule is CCC(O)c1ccc(N(C)CC(=O)NC(C)C)cn1. The number of likely N-dealkylation sites (N-methyl/N-ethyl adjacent to an activating group) is 1. The Morgan fingerprint density at radius 1 is 1.47 bits per heavy atom. The van der Waals surface area contributed by atoms with E-state index < -0.39 is 6.10 Å². The summed E-state index contributed by atoms with van der Waals surface area (Å²) >= 11 is 0. The van der Waals surface area contributed by atoms with E-state index in [1.165, 1.54) is 0 Å². The number of pyridine rings is 1. The fraction of sp³-hybridized carbons (Fsp3) is 0.571. The maximum atomic E-state index is 11.6. The first-order valence-corrected chi connectivity index (χ1v) is 6.58. The first-order chi connectivity index (χ1) is 8.93. The Kier molecular flexibility index (Phi) is 5.76. The van der Waals surface area contributed by atoms with Crippen LogP contribution in [0.4, 0.5) is 5.69 Å². The lowest BCUT2D eigenvalue weighted by molar-refractivity contribution is -0.120. The zero-order chi connectivity index (χ0) is 14.4. The van der Waals surface area contributed by atoms with E-state index in [4.69, 9.17) is 0 Å². The number of nitrogens with one attached hydrogen (secondary N) is 1. The molecule has 1 aromatic heterocycles. The summed E-state index contributed by atoms with van der Waals surface area (Å²) < 4.78 is 0. The quantitative estimate of drug-likeness (QED) is 0.818. The predicted molar refractivity (Wildman–Crippen MR) is 76.0 cm³/mol. The molecule has 0 radical (unpaired) electrons. The molecular formula is C14H23N3O2. The van der Waals surface area contributed by atoms with E-state index >= 15 is 0 Å². The van der Waals surface area contributed by atoms with Crippen LogP contribution in [-0.2, 0) is 4.79 Å². The Balaban J connectivity index is 2.62. The van der Waals surface area contributed by atoms with Gasteiger partial charge in [-0.05, 0) is 32.4 Å². The Bertz CT molecular complexity index is 404. The summed E-state index contributed by atoms with van der Waals surface area (Å²) in [5.74, 6) is -0.0184. The van der Waals surface area contributed by atoms with E-state index in [0.717, 1.165) is 5.69 Å². The number of anilines is 1. The molecule has 0 saturated heterocycles. The van der Waals surface area contributed by atoms with Gasteiger partial charge in [-0.25, -0.2) is 0 Å². The van der Waals surface area contributed by atoms with Crippen LogP contribution in [0.15, 0.2) is 18.3 Å². The first kappa shape index (κ1) is 15.4. The Morgan fingerprint density at radius 3 is 2.63 bits per heavy atom. The van der Waals surface area contributed by atoms with Crippen LogP contribution in [0.1, 0.15) is 39.0 Å². The number of aliphatic hydroxyl groups is 1. The van der Waals surface area contributed by atoms with Gasteiger partial charge < -0.3 is 15.3 Å². The van der Waals surface area contributed by atoms with Gasteiger partial charge in [-0.2, -0.15) is 0 Å². The van der Waals surface area contributed by atoms with Gasteiger partial charge in [0.05, 0.1) is 30.2 Å². The number of hydrogen-bond acceptors (Lipinski definition) is 4. The summed E-state index contributed by atoms with van der Waals surface area (Å²) in [4.78, 5) is 17.7. The van der Waals surface area contributed by atoms with Crippen LogP contribution in [0.2, 0.25) is 0 Å². The smallest absolute Gasteiger partial charge is 0.239 e. The molecular weight excluding hydrogens is 242 g/mol. The topological polar surface area (TPSA) is 65.5 Å². The summed E-state index contributed by atoms with van der Waals surface area (Å²) in [5, 5.41) is 12.5. The highest BCUT2D eigenvalue weighted by Crippen LogP contribution is 2.17. The fourth-order valence-electron chi connectivity index (χ4n) is 1.70. The molecule has 0 aromatic carbocycles. The Hall–Kier alpha value is -1.62. The lowest BCUT2D eigenvalue weighted by Gasteiger charge is -2.20. The molecule has 19 heavy (non-hydrogen) atoms. The average Bonchev–Trinajstić information content (AvgIpc) is 2.36. The van der Waals surface area contributed by atoms with Crippen LogP contribution in [0.25, 0.3) is 0 Å². The van der Waals surface area contributed by atoms with Crippen molar-refractivity contribution in [2.24, 2.45) is 0 Å². The maximum Gasteiger partial charge on any atom is 0.239 e. The van der Waals surface area contributed by atoms with Crippen molar-refractivity contribution < 1.29 is 9.90 Å². The van der Waals surface area contributed by atoms with E-state index in [0.29, 0.717) is 12.1 Å². The van der Waals surface area contributed by atoms with E-state index in [-0.39, 0.29) is 18.5 Å². The molecule has 0 saturated carbocycles. The van der Waals surface area contributed by atoms with Crippen molar-refractivity contribution in [3.8, 4) is 0 Å². The molecule has 1 amide bonds. The number of aromatic nitrogens is 1. The highest BCUT2D eigenvalue weighted by Gasteiger charge is 2.10. The number of nitrogens with zero attached hydrogens (tertiary/aromatic N) is 2. The van der Waals surface area contributed by atoms with Crippen LogP contribution in [0.3, 0.4) is 0 Å². The van der Waals surface area contributed by atoms with Gasteiger partial charge in [0.2, 0.25) is 5.91 Å². The van der Waals surface area contributed by atoms with Gasteiger partial charge >= 0.3 is 0 Å². The number of amides is 1. The van der Waals surface area contributed by atoms with Crippen molar-refractivity contribution in [3.63, 3.8) is 0 Å². The number of hydrogen-bond donors (Lipinski definition) is 2. The van der Waals surface area contributed by atoms with Crippen LogP contribution >= 0.6 is 0 Å². The molecule has 5 nitrogen and oxygen atoms in total. The Morgan fingerprint density at radius 2 is 2.16 bits per heavy atom. The molecule has 0 fully saturated rings. The second-order valence-electron chi connectivity index (χ2n) is 4.94. The molecule has 1 atom stereocenters. The van der Waals surface area contributed by atoms with Gasteiger partial charge in [0.25, 0.3) is 0 Å². The molecule has 0 aliphatic carbocycles. The van der Waals surface area contributed by atoms with Gasteiger partial charge in [-0.1, -0.05) is 6.92 Å². The van der Waals surface area contributed by atoms with Crippen LogP contribution in [0, 0.1) is 0 Å². The van der Waals surface area contributed by atoms with Gasteiger partial charge in [0.15, 0.2) is 0 Å². The third kappa shape index (κ3) is 4.87. The number of carbonyl (C=O) groups is 1. The normalized spacial score (nSPS) is 12.3. The zero-order valence-electron chi connectivity index (χ0n) is 12.1. The fourth-order valence-corrected chi connectivity index (χ4v) is 1.70. The molecule has 1 aromatic rings. The predicted octanol–water partition coefficient (Wildman–Crippen LogP) is 1.49. The summed E-state index contributed by atoms with van der Waals surface area (Å²) in [6, 6.07) is 3.80. The molecule has 1 heterocycles. The number of aliphatic hydroxyl groups excluding tert-OH is 1. The monoisotopic (exact) mass is 265 g/mol. The third-order valence-electron chi connectivity index (χ3n) is 2.77. The van der Waals surface area contributed by atoms with E-state index in [1.54, 1.807) is 12.3 Å². The average molecular weight is 265 g/mol. The zero-order valence-corrected chi connectivity index (χ0v) is 12.1. The van der Waals surface area contributed by atoms with Crippen molar-refractivity contribution in [2.75, 3.05) is 18.5 Å². The number of carbonyl (C=O) groups excluding carboxylic acids is 1. The Labute approximate surface area is 114 Å². The molecule has 1 unspecified atom stereocenters. The molecule has 0 spiro atoms. The molecule has 106 valence electrons. The summed E-state index contributed by atoms with van der Waals surface area (Å²) in [5.41, 5.74) is 1.51. The molecule has 0 bridgehead atoms. The standard InChI is InChI=1S/C14H23N3O2/c1-5-13(18)12-7-6-11(8-15-12)17(4)9-14(19)16-10(2)3/h6-8,10,13,18H,5,9H2,1-4H3,(H,16,19). The molecule has 5 heteroatoms. The van der Waals surface area contributed by atoms with Gasteiger partial charge in [-0.15, -0.1) is 0 Å². The summed E-state index contributed by atoms with van der Waals surface area (Å²) in [6.07, 6.45) is 1.79. The lowest BCUT2D eigenvalue weighted by Crippen LogP contribution is -2.38. The maximum absolute atomic E-state index is 11.6. The van der Waals surface area contributed by atoms with Crippen molar-refractivity contribution in [1.82, 2.24) is 10.3 Å². The summed E-state index contributed by atoms with van der Waals surface area (Å²) in [7, 11) is 1.84. The lowest BCUT2D eigenvalue weighted by atomic mass is 10.2. The second kappa shape index (κ2) is 7.09. The molecule has 0 aliphatic rings. The number of rotatable bonds is 6. The van der Waals surface area contributed by atoms with E-state index in [2.05, 4.69) is 10.3 Å². The molecule has 2 N–H and O–H groups in total. The second-order valence-corrected chi connectivity index (χ2v) is 4.94. The highest BCUT2D eigenvalue weighted by atomic mass is 16.3. The largest absolute Gasteiger partial charge is 0.387 e. The first-order valence-electron chi connectivity index (χ1n) is 6.58. The molecule has 0 aliphatic heterocycles. The van der Waals surface area contributed by atoms with Crippen molar-refractivity contribution in [1.29, 1.82) is 0 Å². The third-order valence-corrected chi connectivity index (χ3v) is 2.77. The van der Waals surface area contributed by atoms with Crippen LogP contribution in [-0.4, -0.2) is 35.6 Å². The van der Waals surface area contributed by atoms with Gasteiger partial charge in [-0.3, -0.25) is 9.78 Å². The van der Waals surface area contributed by atoms with Crippen LogP contribution in [0.5, 0.6) is 0 Å². The minimum Gasteiger partial charge on any atom is -0.387 e. The van der Waals surface area contributed by atoms with Gasteiger partial charge in [0.1, 0.15) is 0 Å². The highest BCUT2D eigenvalue weighted by molar-refractivity contribution is 5.81. The van der Waals surface area contributed by atoms with Crippen LogP contribution < -0.4 is 10.2 Å². The van der Waals surface area contributed by atoms with Crippen molar-refractivity contribution >= 4 is 11.6 Å². The van der Waals surface area contributed by atoms with Crippen molar-refractivity contribution in [3.05, 3.63) is 24.0 Å². The van der Waals surface area contributed by atoms with E-state index in [1.807, 2.05) is 38.8 Å².